The number of ether oxygens (including phenoxy) is 1. The Kier molecular flexibility index (Phi) is 4.43. The van der Waals surface area contributed by atoms with Crippen LogP contribution < -0.4 is 0 Å². The molecule has 1 unspecified atom stereocenters. The van der Waals surface area contributed by atoms with Crippen molar-refractivity contribution in [3.8, 4) is 0 Å². The fourth-order valence-corrected chi connectivity index (χ4v) is 2.61. The standard InChI is InChI=1S/C15H18N4O3/c1-11-13(18-5-4-17-11)3-2-12-9-21-7-6-19(12)15(20)14-8-16-10-22-14/h4-5,8,10,12H,2-3,6-7,9H2,1H3. The van der Waals surface area contributed by atoms with Crippen LogP contribution in [0.1, 0.15) is 28.4 Å². The monoisotopic (exact) mass is 302 g/mol. The van der Waals surface area contributed by atoms with Crippen LogP contribution in [0.25, 0.3) is 0 Å². The molecular weight excluding hydrogens is 284 g/mol. The van der Waals surface area contributed by atoms with Crippen molar-refractivity contribution >= 4 is 5.91 Å². The van der Waals surface area contributed by atoms with Crippen LogP contribution in [0.4, 0.5) is 0 Å². The molecule has 7 heteroatoms. The molecule has 1 aliphatic heterocycles. The number of morpholine rings is 1. The number of carbonyl (C=O) groups excluding carboxylic acids is 1. The number of aromatic nitrogens is 3. The van der Waals surface area contributed by atoms with Crippen molar-refractivity contribution in [2.45, 2.75) is 25.8 Å². The van der Waals surface area contributed by atoms with Gasteiger partial charge < -0.3 is 14.1 Å². The molecule has 3 rings (SSSR count). The summed E-state index contributed by atoms with van der Waals surface area (Å²) >= 11 is 0. The van der Waals surface area contributed by atoms with Crippen LogP contribution in [0.5, 0.6) is 0 Å². The van der Waals surface area contributed by atoms with Gasteiger partial charge in [-0.3, -0.25) is 14.8 Å². The molecule has 3 heterocycles. The van der Waals surface area contributed by atoms with Gasteiger partial charge in [0.15, 0.2) is 6.39 Å². The first kappa shape index (κ1) is 14.6. The summed E-state index contributed by atoms with van der Waals surface area (Å²) in [4.78, 5) is 26.7. The molecule has 0 saturated carbocycles. The van der Waals surface area contributed by atoms with E-state index in [0.29, 0.717) is 19.8 Å². The van der Waals surface area contributed by atoms with Crippen LogP contribution >= 0.6 is 0 Å². The third-order valence-electron chi connectivity index (χ3n) is 3.83. The van der Waals surface area contributed by atoms with E-state index in [1.165, 1.54) is 12.6 Å². The van der Waals surface area contributed by atoms with Crippen LogP contribution in [0.15, 0.2) is 29.4 Å². The van der Waals surface area contributed by atoms with E-state index >= 15 is 0 Å². The maximum Gasteiger partial charge on any atom is 0.291 e. The van der Waals surface area contributed by atoms with Gasteiger partial charge in [-0.25, -0.2) is 4.98 Å². The van der Waals surface area contributed by atoms with Gasteiger partial charge in [0.05, 0.1) is 36.8 Å². The zero-order chi connectivity index (χ0) is 15.4. The third-order valence-corrected chi connectivity index (χ3v) is 3.83. The van der Waals surface area contributed by atoms with Crippen LogP contribution in [-0.4, -0.2) is 51.6 Å². The molecule has 0 bridgehead atoms. The normalized spacial score (nSPS) is 18.4. The average Bonchev–Trinajstić information content (AvgIpc) is 3.08. The van der Waals surface area contributed by atoms with Crippen molar-refractivity contribution < 1.29 is 13.9 Å². The Morgan fingerprint density at radius 2 is 2.27 bits per heavy atom. The Balaban J connectivity index is 1.68. The predicted octanol–water partition coefficient (Wildman–Crippen LogP) is 1.25. The second-order valence-electron chi connectivity index (χ2n) is 5.22. The number of rotatable bonds is 4. The number of carbonyl (C=O) groups is 1. The first-order valence-electron chi connectivity index (χ1n) is 7.29. The summed E-state index contributed by atoms with van der Waals surface area (Å²) in [6, 6.07) is 0.00718. The van der Waals surface area contributed by atoms with E-state index in [1.54, 1.807) is 17.3 Å². The maximum atomic E-state index is 12.5. The second-order valence-corrected chi connectivity index (χ2v) is 5.22. The molecule has 7 nitrogen and oxygen atoms in total. The zero-order valence-corrected chi connectivity index (χ0v) is 12.4. The van der Waals surface area contributed by atoms with Crippen LogP contribution in [0, 0.1) is 6.92 Å². The highest BCUT2D eigenvalue weighted by Crippen LogP contribution is 2.17. The van der Waals surface area contributed by atoms with E-state index in [-0.39, 0.29) is 17.7 Å². The molecule has 0 aromatic carbocycles. The van der Waals surface area contributed by atoms with Crippen molar-refractivity contribution in [3.05, 3.63) is 42.1 Å². The molecule has 116 valence electrons. The summed E-state index contributed by atoms with van der Waals surface area (Å²) in [5, 5.41) is 0. The lowest BCUT2D eigenvalue weighted by Crippen LogP contribution is -2.48. The summed E-state index contributed by atoms with van der Waals surface area (Å²) in [7, 11) is 0. The fourth-order valence-electron chi connectivity index (χ4n) is 2.61. The Bertz CT molecular complexity index is 629. The van der Waals surface area contributed by atoms with E-state index in [0.717, 1.165) is 24.2 Å². The van der Waals surface area contributed by atoms with Crippen LogP contribution in [0.3, 0.4) is 0 Å². The molecule has 22 heavy (non-hydrogen) atoms. The lowest BCUT2D eigenvalue weighted by molar-refractivity contribution is -0.00566. The highest BCUT2D eigenvalue weighted by Gasteiger charge is 2.29. The number of oxazole rings is 1. The topological polar surface area (TPSA) is 81.4 Å². The van der Waals surface area contributed by atoms with Gasteiger partial charge in [-0.15, -0.1) is 0 Å². The SMILES string of the molecule is Cc1nccnc1CCC1COCCN1C(=O)c1cnco1. The molecular formula is C15H18N4O3. The Morgan fingerprint density at radius 1 is 1.41 bits per heavy atom. The van der Waals surface area contributed by atoms with E-state index in [4.69, 9.17) is 9.15 Å². The van der Waals surface area contributed by atoms with Gasteiger partial charge in [0, 0.05) is 18.9 Å². The zero-order valence-electron chi connectivity index (χ0n) is 12.4. The molecule has 1 fully saturated rings. The van der Waals surface area contributed by atoms with Gasteiger partial charge >= 0.3 is 0 Å². The Hall–Kier alpha value is -2.28. The van der Waals surface area contributed by atoms with E-state index in [2.05, 4.69) is 15.0 Å². The van der Waals surface area contributed by atoms with Gasteiger partial charge in [-0.05, 0) is 19.8 Å². The minimum atomic E-state index is -0.137. The van der Waals surface area contributed by atoms with Gasteiger partial charge in [0.1, 0.15) is 0 Å². The smallest absolute Gasteiger partial charge is 0.291 e. The predicted molar refractivity (Wildman–Crippen MR) is 77.2 cm³/mol. The van der Waals surface area contributed by atoms with Gasteiger partial charge in [-0.1, -0.05) is 0 Å². The van der Waals surface area contributed by atoms with Gasteiger partial charge in [0.2, 0.25) is 5.76 Å². The molecule has 0 aliphatic carbocycles. The van der Waals surface area contributed by atoms with E-state index < -0.39 is 0 Å². The maximum absolute atomic E-state index is 12.5. The van der Waals surface area contributed by atoms with Crippen molar-refractivity contribution in [3.63, 3.8) is 0 Å². The van der Waals surface area contributed by atoms with Crippen LogP contribution in [-0.2, 0) is 11.2 Å². The van der Waals surface area contributed by atoms with Gasteiger partial charge in [-0.2, -0.15) is 0 Å². The summed E-state index contributed by atoms with van der Waals surface area (Å²) in [6.07, 6.45) is 7.63. The summed E-state index contributed by atoms with van der Waals surface area (Å²) < 4.78 is 10.6. The third kappa shape index (κ3) is 3.14. The quantitative estimate of drug-likeness (QED) is 0.845. The molecule has 1 amide bonds. The van der Waals surface area contributed by atoms with Crippen molar-refractivity contribution in [2.24, 2.45) is 0 Å². The molecule has 2 aromatic heterocycles. The molecule has 1 aliphatic rings. The second kappa shape index (κ2) is 6.65. The first-order valence-corrected chi connectivity index (χ1v) is 7.29. The van der Waals surface area contributed by atoms with Crippen molar-refractivity contribution in [2.75, 3.05) is 19.8 Å². The Morgan fingerprint density at radius 3 is 3.05 bits per heavy atom. The number of hydrogen-bond donors (Lipinski definition) is 0. The fraction of sp³-hybridized carbons (Fsp3) is 0.467. The lowest BCUT2D eigenvalue weighted by Gasteiger charge is -2.35. The molecule has 1 atom stereocenters. The lowest BCUT2D eigenvalue weighted by atomic mass is 10.1. The van der Waals surface area contributed by atoms with Crippen molar-refractivity contribution in [1.29, 1.82) is 0 Å². The van der Waals surface area contributed by atoms with Crippen LogP contribution in [0.2, 0.25) is 0 Å². The highest BCUT2D eigenvalue weighted by atomic mass is 16.5. The van der Waals surface area contributed by atoms with Crippen molar-refractivity contribution in [1.82, 2.24) is 19.9 Å². The van der Waals surface area contributed by atoms with E-state index in [9.17, 15) is 4.79 Å². The molecule has 0 N–H and O–H groups in total. The Labute approximate surface area is 128 Å². The highest BCUT2D eigenvalue weighted by molar-refractivity contribution is 5.91. The number of hydrogen-bond acceptors (Lipinski definition) is 6. The number of nitrogens with zero attached hydrogens (tertiary/aromatic N) is 4. The van der Waals surface area contributed by atoms with Gasteiger partial charge in [0.25, 0.3) is 5.91 Å². The molecule has 1 saturated heterocycles. The minimum absolute atomic E-state index is 0.00718. The number of aryl methyl sites for hydroxylation is 2. The number of amides is 1. The van der Waals surface area contributed by atoms with E-state index in [1.807, 2.05) is 6.92 Å². The minimum Gasteiger partial charge on any atom is -0.438 e. The molecule has 0 radical (unpaired) electrons. The molecule has 2 aromatic rings. The molecule has 0 spiro atoms. The first-order chi connectivity index (χ1) is 10.8. The summed E-state index contributed by atoms with van der Waals surface area (Å²) in [5.74, 6) is 0.129. The average molecular weight is 302 g/mol. The summed E-state index contributed by atoms with van der Waals surface area (Å²) in [5.41, 5.74) is 1.88. The summed E-state index contributed by atoms with van der Waals surface area (Å²) in [6.45, 7) is 3.57. The largest absolute Gasteiger partial charge is 0.438 e.